The lowest BCUT2D eigenvalue weighted by atomic mass is 9.71. The van der Waals surface area contributed by atoms with Gasteiger partial charge in [-0.15, -0.1) is 34.0 Å². The summed E-state index contributed by atoms with van der Waals surface area (Å²) in [5, 5.41) is 0. The Morgan fingerprint density at radius 2 is 1.10 bits per heavy atom. The van der Waals surface area contributed by atoms with Crippen molar-refractivity contribution in [2.24, 2.45) is 0 Å². The fourth-order valence-electron chi connectivity index (χ4n) is 8.94. The van der Waals surface area contributed by atoms with Gasteiger partial charge in [0.1, 0.15) is 11.9 Å². The maximum absolute atomic E-state index is 13.2. The number of hydrogen-bond acceptors (Lipinski definition) is 6. The van der Waals surface area contributed by atoms with E-state index in [2.05, 4.69) is 126 Å². The number of fused-ring (bicyclic) bond motifs is 3. The summed E-state index contributed by atoms with van der Waals surface area (Å²) in [5.41, 5.74) is 9.44. The molecule has 0 N–H and O–H groups in total. The van der Waals surface area contributed by atoms with Crippen LogP contribution in [-0.2, 0) is 14.9 Å². The molecule has 0 aliphatic heterocycles. The molecule has 3 heterocycles. The van der Waals surface area contributed by atoms with Crippen LogP contribution >= 0.6 is 34.0 Å². The summed E-state index contributed by atoms with van der Waals surface area (Å²) in [6.45, 7) is 16.6. The number of rotatable bonds is 22. The Balaban J connectivity index is 1.09. The van der Waals surface area contributed by atoms with E-state index in [1.165, 1.54) is 94.7 Å². The van der Waals surface area contributed by atoms with Crippen LogP contribution in [0.25, 0.3) is 52.2 Å². The third-order valence-electron chi connectivity index (χ3n) is 11.9. The Hall–Kier alpha value is -4.49. The molecule has 1 aliphatic carbocycles. The first kappa shape index (κ1) is 43.6. The van der Waals surface area contributed by atoms with Crippen LogP contribution in [0, 0.1) is 6.92 Å². The molecule has 0 fully saturated rings. The van der Waals surface area contributed by atoms with Crippen LogP contribution in [0.5, 0.6) is 5.75 Å². The van der Waals surface area contributed by atoms with Gasteiger partial charge in [0.25, 0.3) is 0 Å². The molecular formula is C54H60O3S3. The standard InChI is InChI=1S/C54H60O3S3/c1-7-12-13-14-15-16-17-18-47(53(55)57-41(10-4)11-5)56-42-24-20-38(21-25-42)48-29-30-49(59-48)39-22-26-43-44-27-23-40(50-31-32-52(60-50)51-28-19-37(6)58-51)36-46(44)54(33-8-2,34-9-3)45(43)35-39/h10-11,19-32,35-36,41,47H,4-5,7-9,12-18,33-34H2,1-3,6H3. The highest BCUT2D eigenvalue weighted by atomic mass is 32.1. The van der Waals surface area contributed by atoms with Crippen LogP contribution in [0.1, 0.15) is 114 Å². The van der Waals surface area contributed by atoms with E-state index in [4.69, 9.17) is 9.47 Å². The number of esters is 1. The molecule has 3 aromatic carbocycles. The molecule has 7 rings (SSSR count). The van der Waals surface area contributed by atoms with Crippen LogP contribution in [0.3, 0.4) is 0 Å². The largest absolute Gasteiger partial charge is 0.479 e. The average Bonchev–Trinajstić information content (AvgIpc) is 4.09. The van der Waals surface area contributed by atoms with E-state index in [1.54, 1.807) is 12.2 Å². The Kier molecular flexibility index (Phi) is 14.8. The van der Waals surface area contributed by atoms with Crippen LogP contribution in [0.2, 0.25) is 0 Å². The van der Waals surface area contributed by atoms with Crippen molar-refractivity contribution in [2.45, 2.75) is 122 Å². The van der Waals surface area contributed by atoms with Crippen molar-refractivity contribution < 1.29 is 14.3 Å². The van der Waals surface area contributed by atoms with Crippen molar-refractivity contribution in [3.8, 4) is 58.0 Å². The molecule has 0 bridgehead atoms. The zero-order valence-corrected chi connectivity index (χ0v) is 38.3. The molecule has 0 radical (unpaired) electrons. The minimum Gasteiger partial charge on any atom is -0.479 e. The molecule has 1 unspecified atom stereocenters. The summed E-state index contributed by atoms with van der Waals surface area (Å²) < 4.78 is 12.0. The summed E-state index contributed by atoms with van der Waals surface area (Å²) in [4.78, 5) is 21.1. The highest BCUT2D eigenvalue weighted by Crippen LogP contribution is 2.56. The molecule has 0 spiro atoms. The second kappa shape index (κ2) is 20.4. The van der Waals surface area contributed by atoms with Gasteiger partial charge in [-0.3, -0.25) is 0 Å². The monoisotopic (exact) mass is 852 g/mol. The fourth-order valence-corrected chi connectivity index (χ4v) is 11.9. The van der Waals surface area contributed by atoms with E-state index < -0.39 is 12.2 Å². The van der Waals surface area contributed by atoms with Gasteiger partial charge in [0, 0.05) is 34.7 Å². The van der Waals surface area contributed by atoms with E-state index in [1.807, 2.05) is 46.1 Å². The van der Waals surface area contributed by atoms with Gasteiger partial charge in [-0.2, -0.15) is 0 Å². The van der Waals surface area contributed by atoms with E-state index >= 15 is 0 Å². The predicted octanol–water partition coefficient (Wildman–Crippen LogP) is 16.9. The van der Waals surface area contributed by atoms with Gasteiger partial charge in [0.15, 0.2) is 6.10 Å². The summed E-state index contributed by atoms with van der Waals surface area (Å²) in [7, 11) is 0. The number of carbonyl (C=O) groups is 1. The van der Waals surface area contributed by atoms with Gasteiger partial charge in [-0.25, -0.2) is 4.79 Å². The van der Waals surface area contributed by atoms with E-state index in [0.717, 1.165) is 44.1 Å². The molecule has 60 heavy (non-hydrogen) atoms. The molecule has 3 nitrogen and oxygen atoms in total. The van der Waals surface area contributed by atoms with Crippen molar-refractivity contribution in [3.05, 3.63) is 138 Å². The SMILES string of the molecule is C=CC(C=C)OC(=O)C(CCCCCCCCC)Oc1ccc(-c2ccc(-c3ccc4c(c3)C(CCC)(CCC)c3cc(-c5ccc(-c6ccc(C)s6)s5)ccc3-4)s2)cc1. The molecule has 0 amide bonds. The molecule has 312 valence electrons. The smallest absolute Gasteiger partial charge is 0.348 e. The Morgan fingerprint density at radius 1 is 0.600 bits per heavy atom. The van der Waals surface area contributed by atoms with Crippen LogP contribution < -0.4 is 4.74 Å². The van der Waals surface area contributed by atoms with Gasteiger partial charge < -0.3 is 9.47 Å². The van der Waals surface area contributed by atoms with Gasteiger partial charge in [0.05, 0.1) is 0 Å². The molecule has 3 aromatic heterocycles. The number of unbranched alkanes of at least 4 members (excludes halogenated alkanes) is 6. The van der Waals surface area contributed by atoms with Crippen molar-refractivity contribution in [1.29, 1.82) is 0 Å². The van der Waals surface area contributed by atoms with E-state index in [-0.39, 0.29) is 11.4 Å². The number of carbonyl (C=O) groups excluding carboxylic acids is 1. The van der Waals surface area contributed by atoms with Crippen molar-refractivity contribution in [3.63, 3.8) is 0 Å². The Bertz CT molecular complexity index is 2360. The van der Waals surface area contributed by atoms with Crippen LogP contribution in [0.4, 0.5) is 0 Å². The molecule has 6 aromatic rings. The van der Waals surface area contributed by atoms with Gasteiger partial charge in [0.2, 0.25) is 0 Å². The molecule has 1 aliphatic rings. The van der Waals surface area contributed by atoms with Crippen LogP contribution in [-0.4, -0.2) is 18.2 Å². The highest BCUT2D eigenvalue weighted by molar-refractivity contribution is 7.23. The normalized spacial score (nSPS) is 13.2. The number of ether oxygens (including phenoxy) is 2. The topological polar surface area (TPSA) is 35.5 Å². The first-order chi connectivity index (χ1) is 29.3. The first-order valence-electron chi connectivity index (χ1n) is 22.1. The molecule has 0 saturated heterocycles. The second-order valence-corrected chi connectivity index (χ2v) is 19.7. The minimum absolute atomic E-state index is 0.0156. The lowest BCUT2D eigenvalue weighted by Gasteiger charge is -2.32. The number of aryl methyl sites for hydroxylation is 1. The predicted molar refractivity (Wildman–Crippen MR) is 260 cm³/mol. The lowest BCUT2D eigenvalue weighted by Crippen LogP contribution is -2.31. The Morgan fingerprint density at radius 3 is 1.65 bits per heavy atom. The summed E-state index contributed by atoms with van der Waals surface area (Å²) in [6.07, 6.45) is 15.2. The van der Waals surface area contributed by atoms with Crippen molar-refractivity contribution in [2.75, 3.05) is 0 Å². The van der Waals surface area contributed by atoms with Gasteiger partial charge >= 0.3 is 5.97 Å². The maximum atomic E-state index is 13.2. The first-order valence-corrected chi connectivity index (χ1v) is 24.5. The summed E-state index contributed by atoms with van der Waals surface area (Å²) in [5.74, 6) is 0.286. The van der Waals surface area contributed by atoms with E-state index in [9.17, 15) is 4.79 Å². The highest BCUT2D eigenvalue weighted by Gasteiger charge is 2.42. The second-order valence-electron chi connectivity index (χ2n) is 16.3. The summed E-state index contributed by atoms with van der Waals surface area (Å²) in [6, 6.07) is 36.2. The fraction of sp³-hybridized carbons (Fsp3) is 0.352. The molecule has 6 heteroatoms. The number of hydrogen-bond donors (Lipinski definition) is 0. The zero-order chi connectivity index (χ0) is 42.1. The van der Waals surface area contributed by atoms with E-state index in [0.29, 0.717) is 12.2 Å². The Labute approximate surface area is 370 Å². The average molecular weight is 853 g/mol. The number of thiophene rings is 3. The third kappa shape index (κ3) is 9.67. The zero-order valence-electron chi connectivity index (χ0n) is 35.9. The summed E-state index contributed by atoms with van der Waals surface area (Å²) >= 11 is 5.60. The van der Waals surface area contributed by atoms with Crippen molar-refractivity contribution in [1.82, 2.24) is 0 Å². The van der Waals surface area contributed by atoms with Gasteiger partial charge in [-0.1, -0.05) is 110 Å². The third-order valence-corrected chi connectivity index (χ3v) is 15.5. The van der Waals surface area contributed by atoms with Crippen LogP contribution in [0.15, 0.2) is 122 Å². The van der Waals surface area contributed by atoms with Gasteiger partial charge in [-0.05, 0) is 156 Å². The molecular weight excluding hydrogens is 793 g/mol. The minimum atomic E-state index is -0.684. The number of benzene rings is 3. The molecule has 0 saturated carbocycles. The van der Waals surface area contributed by atoms with Crippen molar-refractivity contribution >= 4 is 40.0 Å². The lowest BCUT2D eigenvalue weighted by molar-refractivity contribution is -0.153. The maximum Gasteiger partial charge on any atom is 0.348 e. The quantitative estimate of drug-likeness (QED) is 0.0388. The molecule has 1 atom stereocenters.